The standard InChI is InChI=1S/C26H29N3O2/c1-27(2)19-11-7-17(8-12-19)23-22(29(5)6)16-15-21-24(23)26(30)31-25(21)18-9-13-20(14-10-18)28(3)4/h7-16,25H,1-6H3. The number of carbonyl (C=O) groups is 1. The molecule has 1 aliphatic heterocycles. The third-order valence-electron chi connectivity index (χ3n) is 5.79. The van der Waals surface area contributed by atoms with Crippen LogP contribution in [0, 0.1) is 0 Å². The van der Waals surface area contributed by atoms with Crippen molar-refractivity contribution in [2.24, 2.45) is 0 Å². The predicted octanol–water partition coefficient (Wildman–Crippen LogP) is 4.81. The summed E-state index contributed by atoms with van der Waals surface area (Å²) < 4.78 is 5.90. The van der Waals surface area contributed by atoms with E-state index in [0.29, 0.717) is 5.56 Å². The van der Waals surface area contributed by atoms with Crippen molar-refractivity contribution in [3.8, 4) is 11.1 Å². The molecule has 0 aliphatic carbocycles. The second kappa shape index (κ2) is 7.99. The van der Waals surface area contributed by atoms with Crippen LogP contribution in [0.25, 0.3) is 11.1 Å². The molecule has 3 aromatic carbocycles. The van der Waals surface area contributed by atoms with E-state index >= 15 is 0 Å². The van der Waals surface area contributed by atoms with E-state index in [0.717, 1.165) is 39.3 Å². The molecule has 31 heavy (non-hydrogen) atoms. The molecule has 0 aromatic heterocycles. The maximum Gasteiger partial charge on any atom is 0.340 e. The number of hydrogen-bond acceptors (Lipinski definition) is 5. The van der Waals surface area contributed by atoms with Crippen LogP contribution in [0.4, 0.5) is 17.1 Å². The highest BCUT2D eigenvalue weighted by Crippen LogP contribution is 2.45. The lowest BCUT2D eigenvalue weighted by atomic mass is 9.90. The van der Waals surface area contributed by atoms with Crippen LogP contribution < -0.4 is 14.7 Å². The number of ether oxygens (including phenoxy) is 1. The van der Waals surface area contributed by atoms with Gasteiger partial charge in [0, 0.05) is 70.5 Å². The lowest BCUT2D eigenvalue weighted by Crippen LogP contribution is -2.12. The molecule has 1 atom stereocenters. The average Bonchev–Trinajstić information content (AvgIpc) is 3.09. The number of esters is 1. The molecular weight excluding hydrogens is 386 g/mol. The Morgan fingerprint density at radius 3 is 1.71 bits per heavy atom. The van der Waals surface area contributed by atoms with Gasteiger partial charge in [-0.15, -0.1) is 0 Å². The molecule has 0 fully saturated rings. The molecule has 5 heteroatoms. The third-order valence-corrected chi connectivity index (χ3v) is 5.79. The average molecular weight is 416 g/mol. The summed E-state index contributed by atoms with van der Waals surface area (Å²) in [4.78, 5) is 19.3. The van der Waals surface area contributed by atoms with Crippen molar-refractivity contribution < 1.29 is 9.53 Å². The summed E-state index contributed by atoms with van der Waals surface area (Å²) in [6.07, 6.45) is -0.394. The Balaban J connectivity index is 1.84. The van der Waals surface area contributed by atoms with Gasteiger partial charge in [0.25, 0.3) is 0 Å². The zero-order chi connectivity index (χ0) is 22.3. The molecule has 0 saturated heterocycles. The fourth-order valence-corrected chi connectivity index (χ4v) is 4.06. The number of anilines is 3. The number of carbonyl (C=O) groups excluding carboxylic acids is 1. The van der Waals surface area contributed by atoms with E-state index in [1.54, 1.807) is 0 Å². The second-order valence-corrected chi connectivity index (χ2v) is 8.53. The maximum absolute atomic E-state index is 13.1. The summed E-state index contributed by atoms with van der Waals surface area (Å²) in [6.45, 7) is 0. The van der Waals surface area contributed by atoms with Crippen molar-refractivity contribution >= 4 is 23.0 Å². The van der Waals surface area contributed by atoms with Gasteiger partial charge in [0.15, 0.2) is 6.10 Å². The van der Waals surface area contributed by atoms with Crippen LogP contribution in [0.5, 0.6) is 0 Å². The fourth-order valence-electron chi connectivity index (χ4n) is 4.06. The normalized spacial score (nSPS) is 14.8. The molecule has 160 valence electrons. The van der Waals surface area contributed by atoms with Gasteiger partial charge in [-0.2, -0.15) is 0 Å². The largest absolute Gasteiger partial charge is 0.449 e. The predicted molar refractivity (Wildman–Crippen MR) is 129 cm³/mol. The Hall–Kier alpha value is -3.47. The Labute approximate surface area is 184 Å². The molecule has 0 saturated carbocycles. The van der Waals surface area contributed by atoms with Gasteiger partial charge in [-0.25, -0.2) is 4.79 Å². The molecule has 1 unspecified atom stereocenters. The fraction of sp³-hybridized carbons (Fsp3) is 0.269. The lowest BCUT2D eigenvalue weighted by Gasteiger charge is -2.21. The third kappa shape index (κ3) is 3.72. The Kier molecular flexibility index (Phi) is 5.36. The number of rotatable bonds is 5. The highest BCUT2D eigenvalue weighted by molar-refractivity contribution is 6.05. The Bertz CT molecular complexity index is 1100. The van der Waals surface area contributed by atoms with Crippen LogP contribution in [0.15, 0.2) is 60.7 Å². The van der Waals surface area contributed by atoms with E-state index in [1.165, 1.54) is 0 Å². The molecule has 0 amide bonds. The smallest absolute Gasteiger partial charge is 0.340 e. The maximum atomic E-state index is 13.1. The van der Waals surface area contributed by atoms with Crippen LogP contribution in [0.3, 0.4) is 0 Å². The van der Waals surface area contributed by atoms with Gasteiger partial charge < -0.3 is 19.4 Å². The molecular formula is C26H29N3O2. The van der Waals surface area contributed by atoms with E-state index in [4.69, 9.17) is 4.74 Å². The first kappa shape index (κ1) is 20.8. The molecule has 3 aromatic rings. The van der Waals surface area contributed by atoms with Crippen LogP contribution in [-0.2, 0) is 4.74 Å². The van der Waals surface area contributed by atoms with Gasteiger partial charge in [-0.05, 0) is 41.5 Å². The summed E-state index contributed by atoms with van der Waals surface area (Å²) in [5.74, 6) is -0.271. The van der Waals surface area contributed by atoms with Crippen molar-refractivity contribution in [2.75, 3.05) is 57.0 Å². The molecule has 5 nitrogen and oxygen atoms in total. The van der Waals surface area contributed by atoms with Crippen molar-refractivity contribution in [1.29, 1.82) is 0 Å². The zero-order valence-electron chi connectivity index (χ0n) is 19.0. The van der Waals surface area contributed by atoms with Gasteiger partial charge in [0.1, 0.15) is 0 Å². The first-order valence-corrected chi connectivity index (χ1v) is 10.4. The molecule has 0 spiro atoms. The van der Waals surface area contributed by atoms with Gasteiger partial charge >= 0.3 is 5.97 Å². The minimum absolute atomic E-state index is 0.271. The number of hydrogen-bond donors (Lipinski definition) is 0. The van der Waals surface area contributed by atoms with Crippen molar-refractivity contribution in [2.45, 2.75) is 6.10 Å². The molecule has 0 radical (unpaired) electrons. The Morgan fingerprint density at radius 2 is 1.19 bits per heavy atom. The van der Waals surface area contributed by atoms with E-state index in [-0.39, 0.29) is 5.97 Å². The second-order valence-electron chi connectivity index (χ2n) is 8.53. The van der Waals surface area contributed by atoms with E-state index in [2.05, 4.69) is 52.3 Å². The van der Waals surface area contributed by atoms with Crippen LogP contribution in [-0.4, -0.2) is 48.3 Å². The van der Waals surface area contributed by atoms with E-state index < -0.39 is 6.10 Å². The monoisotopic (exact) mass is 415 g/mol. The first-order chi connectivity index (χ1) is 14.8. The van der Waals surface area contributed by atoms with Gasteiger partial charge in [0.2, 0.25) is 0 Å². The Morgan fingerprint density at radius 1 is 0.645 bits per heavy atom. The van der Waals surface area contributed by atoms with Crippen LogP contribution >= 0.6 is 0 Å². The summed E-state index contributed by atoms with van der Waals surface area (Å²) >= 11 is 0. The van der Waals surface area contributed by atoms with Gasteiger partial charge in [-0.1, -0.05) is 30.3 Å². The summed E-state index contributed by atoms with van der Waals surface area (Å²) in [5, 5.41) is 0. The SMILES string of the molecule is CN(C)c1ccc(-c2c(N(C)C)ccc3c2C(=O)OC3c2ccc(N(C)C)cc2)cc1. The molecule has 1 aliphatic rings. The molecule has 1 heterocycles. The topological polar surface area (TPSA) is 36.0 Å². The highest BCUT2D eigenvalue weighted by Gasteiger charge is 2.36. The molecule has 4 rings (SSSR count). The minimum atomic E-state index is -0.394. The van der Waals surface area contributed by atoms with Crippen molar-refractivity contribution in [3.63, 3.8) is 0 Å². The number of benzene rings is 3. The number of fused-ring (bicyclic) bond motifs is 1. The summed E-state index contributed by atoms with van der Waals surface area (Å²) in [7, 11) is 12.1. The van der Waals surface area contributed by atoms with Crippen LogP contribution in [0.2, 0.25) is 0 Å². The van der Waals surface area contributed by atoms with Crippen LogP contribution in [0.1, 0.15) is 27.6 Å². The summed E-state index contributed by atoms with van der Waals surface area (Å²) in [6, 6.07) is 20.6. The van der Waals surface area contributed by atoms with Crippen molar-refractivity contribution in [1.82, 2.24) is 0 Å². The number of nitrogens with zero attached hydrogens (tertiary/aromatic N) is 3. The van der Waals surface area contributed by atoms with E-state index in [9.17, 15) is 4.79 Å². The lowest BCUT2D eigenvalue weighted by molar-refractivity contribution is 0.0456. The molecule has 0 bridgehead atoms. The van der Waals surface area contributed by atoms with Gasteiger partial charge in [-0.3, -0.25) is 0 Å². The highest BCUT2D eigenvalue weighted by atomic mass is 16.5. The first-order valence-electron chi connectivity index (χ1n) is 10.4. The van der Waals surface area contributed by atoms with Gasteiger partial charge in [0.05, 0.1) is 5.56 Å². The van der Waals surface area contributed by atoms with Crippen molar-refractivity contribution in [3.05, 3.63) is 77.4 Å². The van der Waals surface area contributed by atoms with E-state index in [1.807, 2.05) is 65.4 Å². The molecule has 0 N–H and O–H groups in total. The summed E-state index contributed by atoms with van der Waals surface area (Å²) in [5.41, 5.74) is 7.70. The zero-order valence-corrected chi connectivity index (χ0v) is 19.0. The minimum Gasteiger partial charge on any atom is -0.449 e. The number of cyclic esters (lactones) is 1. The quantitative estimate of drug-likeness (QED) is 0.559.